The molecule has 1 saturated heterocycles. The molecule has 41 heavy (non-hydrogen) atoms. The molecule has 0 saturated carbocycles. The molecule has 2 unspecified atom stereocenters. The van der Waals surface area contributed by atoms with Crippen molar-refractivity contribution in [1.82, 2.24) is 34.7 Å². The van der Waals surface area contributed by atoms with Crippen molar-refractivity contribution in [3.05, 3.63) is 89.4 Å². The number of methoxy groups -OCH3 is 1. The Labute approximate surface area is 243 Å². The second-order valence-corrected chi connectivity index (χ2v) is 10.3. The van der Waals surface area contributed by atoms with Gasteiger partial charge in [0.15, 0.2) is 0 Å². The number of anilines is 1. The molecule has 212 valence electrons. The maximum absolute atomic E-state index is 13.4. The van der Waals surface area contributed by atoms with Crippen molar-refractivity contribution in [2.75, 3.05) is 31.6 Å². The van der Waals surface area contributed by atoms with E-state index in [1.54, 1.807) is 72.0 Å². The van der Waals surface area contributed by atoms with Crippen LogP contribution in [0.3, 0.4) is 0 Å². The molecule has 1 aromatic carbocycles. The SMILES string of the molecule is COc1ccc(C(C)NC(=O)CC2CN(C(=O)c3cccnc3)CCN2c2cc(C)nc(-n3ccnc3)n2)cc1Cl. The van der Waals surface area contributed by atoms with E-state index in [9.17, 15) is 9.59 Å². The van der Waals surface area contributed by atoms with Crippen LogP contribution in [0.2, 0.25) is 5.02 Å². The van der Waals surface area contributed by atoms with E-state index in [0.717, 1.165) is 11.3 Å². The Kier molecular flexibility index (Phi) is 8.44. The average molecular weight is 575 g/mol. The summed E-state index contributed by atoms with van der Waals surface area (Å²) >= 11 is 6.31. The monoisotopic (exact) mass is 574 g/mol. The van der Waals surface area contributed by atoms with Crippen LogP contribution in [0.1, 0.15) is 41.0 Å². The van der Waals surface area contributed by atoms with Crippen molar-refractivity contribution in [2.24, 2.45) is 0 Å². The number of aryl methyl sites for hydroxylation is 1. The third kappa shape index (κ3) is 6.46. The number of benzene rings is 1. The molecule has 0 radical (unpaired) electrons. The van der Waals surface area contributed by atoms with Crippen molar-refractivity contribution >= 4 is 29.2 Å². The molecule has 4 heterocycles. The van der Waals surface area contributed by atoms with Gasteiger partial charge < -0.3 is 19.9 Å². The summed E-state index contributed by atoms with van der Waals surface area (Å²) in [5.41, 5.74) is 2.14. The van der Waals surface area contributed by atoms with Crippen LogP contribution in [0.5, 0.6) is 5.75 Å². The van der Waals surface area contributed by atoms with Crippen molar-refractivity contribution in [3.8, 4) is 11.7 Å². The first-order valence-electron chi connectivity index (χ1n) is 13.2. The lowest BCUT2D eigenvalue weighted by Crippen LogP contribution is -2.56. The quantitative estimate of drug-likeness (QED) is 0.339. The van der Waals surface area contributed by atoms with E-state index in [-0.39, 0.29) is 30.3 Å². The van der Waals surface area contributed by atoms with Gasteiger partial charge in [-0.1, -0.05) is 17.7 Å². The van der Waals surface area contributed by atoms with Gasteiger partial charge in [-0.25, -0.2) is 9.97 Å². The zero-order valence-electron chi connectivity index (χ0n) is 23.1. The molecule has 1 aliphatic heterocycles. The fourth-order valence-corrected chi connectivity index (χ4v) is 5.18. The molecule has 0 aliphatic carbocycles. The lowest BCUT2D eigenvalue weighted by Gasteiger charge is -2.42. The Morgan fingerprint density at radius 3 is 2.71 bits per heavy atom. The minimum absolute atomic E-state index is 0.123. The topological polar surface area (TPSA) is 118 Å². The predicted molar refractivity (Wildman–Crippen MR) is 154 cm³/mol. The maximum Gasteiger partial charge on any atom is 0.255 e. The summed E-state index contributed by atoms with van der Waals surface area (Å²) < 4.78 is 6.98. The zero-order valence-corrected chi connectivity index (χ0v) is 23.8. The van der Waals surface area contributed by atoms with Crippen molar-refractivity contribution in [2.45, 2.75) is 32.4 Å². The highest BCUT2D eigenvalue weighted by molar-refractivity contribution is 6.32. The Bertz CT molecular complexity index is 1520. The molecule has 1 fully saturated rings. The number of halogens is 1. The molecule has 2 atom stereocenters. The summed E-state index contributed by atoms with van der Waals surface area (Å²) in [7, 11) is 1.56. The van der Waals surface area contributed by atoms with Gasteiger partial charge in [0.1, 0.15) is 17.9 Å². The first kappa shape index (κ1) is 28.0. The molecule has 12 heteroatoms. The van der Waals surface area contributed by atoms with E-state index >= 15 is 0 Å². The van der Waals surface area contributed by atoms with Gasteiger partial charge in [0, 0.05) is 62.6 Å². The van der Waals surface area contributed by atoms with Gasteiger partial charge in [0.25, 0.3) is 5.91 Å². The third-order valence-electron chi connectivity index (χ3n) is 7.01. The maximum atomic E-state index is 13.4. The van der Waals surface area contributed by atoms with Crippen LogP contribution >= 0.6 is 11.6 Å². The van der Waals surface area contributed by atoms with Crippen LogP contribution in [-0.4, -0.2) is 74.0 Å². The van der Waals surface area contributed by atoms with Gasteiger partial charge in [0.2, 0.25) is 11.9 Å². The number of rotatable bonds is 8. The number of hydrogen-bond acceptors (Lipinski definition) is 8. The standard InChI is InChI=1S/C29H31ClN8O3/c1-19-13-26(35-29(33-19)37-10-9-32-18-37)38-12-11-36(28(40)22-5-4-8-31-16-22)17-23(38)15-27(39)34-20(2)21-6-7-25(41-3)24(30)14-21/h4-10,13-14,16,18,20,23H,11-12,15,17H2,1-3H3,(H,34,39). The van der Waals surface area contributed by atoms with Gasteiger partial charge >= 0.3 is 0 Å². The smallest absolute Gasteiger partial charge is 0.255 e. The van der Waals surface area contributed by atoms with Gasteiger partial charge in [-0.15, -0.1) is 0 Å². The van der Waals surface area contributed by atoms with Crippen LogP contribution in [0.4, 0.5) is 5.82 Å². The van der Waals surface area contributed by atoms with E-state index < -0.39 is 0 Å². The number of amides is 2. The first-order chi connectivity index (χ1) is 19.8. The number of piperazine rings is 1. The number of carbonyl (C=O) groups excluding carboxylic acids is 2. The summed E-state index contributed by atoms with van der Waals surface area (Å²) in [6, 6.07) is 10.2. The van der Waals surface area contributed by atoms with Gasteiger partial charge in [0.05, 0.1) is 29.8 Å². The molecule has 0 bridgehead atoms. The second kappa shape index (κ2) is 12.3. The molecule has 5 rings (SSSR count). The fourth-order valence-electron chi connectivity index (χ4n) is 4.91. The number of nitrogens with one attached hydrogen (secondary N) is 1. The fraction of sp³-hybridized carbons (Fsp3) is 0.310. The van der Waals surface area contributed by atoms with Gasteiger partial charge in [-0.05, 0) is 43.7 Å². The van der Waals surface area contributed by atoms with Crippen LogP contribution in [0.25, 0.3) is 5.95 Å². The van der Waals surface area contributed by atoms with Crippen molar-refractivity contribution < 1.29 is 14.3 Å². The van der Waals surface area contributed by atoms with Crippen molar-refractivity contribution in [3.63, 3.8) is 0 Å². The first-order valence-corrected chi connectivity index (χ1v) is 13.6. The summed E-state index contributed by atoms with van der Waals surface area (Å²) in [6.45, 7) is 5.10. The van der Waals surface area contributed by atoms with E-state index in [0.29, 0.717) is 47.7 Å². The third-order valence-corrected chi connectivity index (χ3v) is 7.31. The van der Waals surface area contributed by atoms with Crippen LogP contribution in [0, 0.1) is 6.92 Å². The number of nitrogens with zero attached hydrogens (tertiary/aromatic N) is 7. The molecule has 4 aromatic rings. The molecule has 0 spiro atoms. The van der Waals surface area contributed by atoms with E-state index in [4.69, 9.17) is 21.3 Å². The normalized spacial score (nSPS) is 15.9. The summed E-state index contributed by atoms with van der Waals surface area (Å²) in [5.74, 6) is 1.46. The van der Waals surface area contributed by atoms with Crippen LogP contribution in [0.15, 0.2) is 67.5 Å². The molecule has 3 aromatic heterocycles. The van der Waals surface area contributed by atoms with Crippen LogP contribution in [-0.2, 0) is 4.79 Å². The Morgan fingerprint density at radius 2 is 2.00 bits per heavy atom. The number of ether oxygens (including phenoxy) is 1. The highest BCUT2D eigenvalue weighted by Crippen LogP contribution is 2.28. The second-order valence-electron chi connectivity index (χ2n) is 9.86. The highest BCUT2D eigenvalue weighted by Gasteiger charge is 2.33. The predicted octanol–water partition coefficient (Wildman–Crippen LogP) is 3.63. The number of imidazole rings is 1. The number of pyridine rings is 1. The van der Waals surface area contributed by atoms with Crippen LogP contribution < -0.4 is 15.0 Å². The molecule has 2 amide bonds. The molecule has 11 nitrogen and oxygen atoms in total. The zero-order chi connectivity index (χ0) is 28.9. The number of hydrogen-bond donors (Lipinski definition) is 1. The summed E-state index contributed by atoms with van der Waals surface area (Å²) in [4.78, 5) is 48.1. The summed E-state index contributed by atoms with van der Waals surface area (Å²) in [5, 5.41) is 3.55. The molecule has 1 N–H and O–H groups in total. The number of carbonyl (C=O) groups is 2. The van der Waals surface area contributed by atoms with E-state index in [1.165, 1.54) is 0 Å². The average Bonchev–Trinajstić information content (AvgIpc) is 3.52. The van der Waals surface area contributed by atoms with E-state index in [2.05, 4.69) is 25.2 Å². The Balaban J connectivity index is 1.38. The largest absolute Gasteiger partial charge is 0.495 e. The lowest BCUT2D eigenvalue weighted by molar-refractivity contribution is -0.122. The minimum atomic E-state index is -0.332. The van der Waals surface area contributed by atoms with E-state index in [1.807, 2.05) is 26.0 Å². The highest BCUT2D eigenvalue weighted by atomic mass is 35.5. The molecule has 1 aliphatic rings. The minimum Gasteiger partial charge on any atom is -0.495 e. The molecular formula is C29H31ClN8O3. The molecular weight excluding hydrogens is 544 g/mol. The lowest BCUT2D eigenvalue weighted by atomic mass is 10.0. The number of aromatic nitrogens is 5. The van der Waals surface area contributed by atoms with Crippen molar-refractivity contribution in [1.29, 1.82) is 0 Å². The van der Waals surface area contributed by atoms with Gasteiger partial charge in [-0.3, -0.25) is 19.1 Å². The summed E-state index contributed by atoms with van der Waals surface area (Å²) in [6.07, 6.45) is 8.42. The Morgan fingerprint density at radius 1 is 1.15 bits per heavy atom. The Hall–Kier alpha value is -4.51. The van der Waals surface area contributed by atoms with Gasteiger partial charge in [-0.2, -0.15) is 4.98 Å².